The molecule has 0 aliphatic carbocycles. The van der Waals surface area contributed by atoms with Gasteiger partial charge in [-0.2, -0.15) is 5.10 Å². The number of carboxylic acid groups (broad SMARTS) is 1. The summed E-state index contributed by atoms with van der Waals surface area (Å²) in [5.41, 5.74) is 2.17. The van der Waals surface area contributed by atoms with Crippen LogP contribution in [-0.4, -0.2) is 36.6 Å². The van der Waals surface area contributed by atoms with Gasteiger partial charge in [-0.3, -0.25) is 9.48 Å². The number of rotatable bonds is 4. The molecule has 0 fully saturated rings. The molecule has 1 amide bonds. The lowest BCUT2D eigenvalue weighted by atomic mass is 10.1. The van der Waals surface area contributed by atoms with Gasteiger partial charge in [-0.25, -0.2) is 9.78 Å². The van der Waals surface area contributed by atoms with E-state index in [1.165, 1.54) is 6.33 Å². The lowest BCUT2D eigenvalue weighted by Crippen LogP contribution is -2.26. The van der Waals surface area contributed by atoms with Crippen molar-refractivity contribution in [3.8, 4) is 0 Å². The summed E-state index contributed by atoms with van der Waals surface area (Å²) in [5, 5.41) is 12.9. The van der Waals surface area contributed by atoms with Crippen LogP contribution >= 0.6 is 0 Å². The third-order valence-electron chi connectivity index (χ3n) is 3.55. The molecule has 1 aliphatic rings. The summed E-state index contributed by atoms with van der Waals surface area (Å²) >= 11 is 0. The van der Waals surface area contributed by atoms with Crippen LogP contribution in [0.5, 0.6) is 0 Å². The molecule has 1 aromatic carbocycles. The van der Waals surface area contributed by atoms with Gasteiger partial charge in [0, 0.05) is 19.5 Å². The maximum absolute atomic E-state index is 12.2. The molecule has 0 spiro atoms. The van der Waals surface area contributed by atoms with Gasteiger partial charge in [0.2, 0.25) is 5.91 Å². The van der Waals surface area contributed by atoms with Gasteiger partial charge < -0.3 is 10.0 Å². The van der Waals surface area contributed by atoms with Crippen molar-refractivity contribution in [2.75, 3.05) is 0 Å². The van der Waals surface area contributed by atoms with Crippen LogP contribution < -0.4 is 0 Å². The molecule has 2 aromatic rings. The fourth-order valence-corrected chi connectivity index (χ4v) is 2.42. The van der Waals surface area contributed by atoms with Crippen molar-refractivity contribution in [1.82, 2.24) is 19.7 Å². The molecule has 2 heterocycles. The molecule has 0 radical (unpaired) electrons. The first-order valence-electron chi connectivity index (χ1n) is 6.59. The zero-order valence-electron chi connectivity index (χ0n) is 11.3. The summed E-state index contributed by atoms with van der Waals surface area (Å²) in [5.74, 6) is -0.924. The standard InChI is InChI=1S/C14H14N4O3/c19-13(3-4-18-9-15-8-16-18)17-6-11-2-1-10(14(20)21)5-12(11)7-17/h1-2,5,8-9H,3-4,6-7H2,(H,20,21). The number of nitrogens with zero attached hydrogens (tertiary/aromatic N) is 4. The van der Waals surface area contributed by atoms with E-state index in [9.17, 15) is 9.59 Å². The molecule has 0 saturated heterocycles. The van der Waals surface area contributed by atoms with Crippen LogP contribution in [0.4, 0.5) is 0 Å². The molecule has 1 N–H and O–H groups in total. The molecule has 0 bridgehead atoms. The number of aromatic carboxylic acids is 1. The largest absolute Gasteiger partial charge is 0.478 e. The molecule has 108 valence electrons. The highest BCUT2D eigenvalue weighted by Crippen LogP contribution is 2.24. The zero-order valence-corrected chi connectivity index (χ0v) is 11.3. The van der Waals surface area contributed by atoms with Crippen LogP contribution in [-0.2, 0) is 24.4 Å². The number of hydrogen-bond acceptors (Lipinski definition) is 4. The van der Waals surface area contributed by atoms with E-state index in [1.54, 1.807) is 34.1 Å². The number of carbonyl (C=O) groups is 2. The summed E-state index contributed by atoms with van der Waals surface area (Å²) in [4.78, 5) is 28.7. The van der Waals surface area contributed by atoms with Crippen molar-refractivity contribution in [3.63, 3.8) is 0 Å². The first kappa shape index (κ1) is 13.3. The molecular weight excluding hydrogens is 272 g/mol. The Bertz CT molecular complexity index is 682. The van der Waals surface area contributed by atoms with E-state index in [0.717, 1.165) is 11.1 Å². The van der Waals surface area contributed by atoms with Crippen LogP contribution in [0.2, 0.25) is 0 Å². The first-order valence-corrected chi connectivity index (χ1v) is 6.59. The van der Waals surface area contributed by atoms with Crippen LogP contribution in [0.25, 0.3) is 0 Å². The second-order valence-corrected chi connectivity index (χ2v) is 4.95. The highest BCUT2D eigenvalue weighted by atomic mass is 16.4. The van der Waals surface area contributed by atoms with E-state index in [0.29, 0.717) is 26.1 Å². The summed E-state index contributed by atoms with van der Waals surface area (Å²) in [7, 11) is 0. The van der Waals surface area contributed by atoms with E-state index >= 15 is 0 Å². The fourth-order valence-electron chi connectivity index (χ4n) is 2.42. The number of aryl methyl sites for hydroxylation is 1. The maximum Gasteiger partial charge on any atom is 0.335 e. The summed E-state index contributed by atoms with van der Waals surface area (Å²) in [6.45, 7) is 1.49. The third-order valence-corrected chi connectivity index (χ3v) is 3.55. The highest BCUT2D eigenvalue weighted by molar-refractivity contribution is 5.88. The minimum atomic E-state index is -0.950. The van der Waals surface area contributed by atoms with Crippen LogP contribution in [0.15, 0.2) is 30.9 Å². The third kappa shape index (κ3) is 2.76. The lowest BCUT2D eigenvalue weighted by Gasteiger charge is -2.15. The van der Waals surface area contributed by atoms with E-state index in [-0.39, 0.29) is 11.5 Å². The fraction of sp³-hybridized carbons (Fsp3) is 0.286. The molecule has 21 heavy (non-hydrogen) atoms. The Balaban J connectivity index is 1.64. The van der Waals surface area contributed by atoms with Gasteiger partial charge in [-0.05, 0) is 23.3 Å². The van der Waals surface area contributed by atoms with Crippen molar-refractivity contribution >= 4 is 11.9 Å². The second-order valence-electron chi connectivity index (χ2n) is 4.95. The number of aromatic nitrogens is 3. The molecule has 0 atom stereocenters. The molecule has 7 nitrogen and oxygen atoms in total. The maximum atomic E-state index is 12.2. The molecule has 3 rings (SSSR count). The monoisotopic (exact) mass is 286 g/mol. The number of carboxylic acids is 1. The van der Waals surface area contributed by atoms with Gasteiger partial charge in [-0.15, -0.1) is 0 Å². The first-order chi connectivity index (χ1) is 10.1. The van der Waals surface area contributed by atoms with Crippen molar-refractivity contribution in [1.29, 1.82) is 0 Å². The van der Waals surface area contributed by atoms with Gasteiger partial charge in [0.05, 0.1) is 12.1 Å². The Hall–Kier alpha value is -2.70. The second kappa shape index (κ2) is 5.35. The molecular formula is C14H14N4O3. The van der Waals surface area contributed by atoms with Crippen molar-refractivity contribution in [2.45, 2.75) is 26.1 Å². The Labute approximate surface area is 120 Å². The highest BCUT2D eigenvalue weighted by Gasteiger charge is 2.23. The number of fused-ring (bicyclic) bond motifs is 1. The normalized spacial score (nSPS) is 13.2. The number of hydrogen-bond donors (Lipinski definition) is 1. The van der Waals surface area contributed by atoms with Crippen molar-refractivity contribution < 1.29 is 14.7 Å². The van der Waals surface area contributed by atoms with E-state index in [1.807, 2.05) is 0 Å². The number of benzene rings is 1. The van der Waals surface area contributed by atoms with E-state index in [4.69, 9.17) is 5.11 Å². The predicted octanol–water partition coefficient (Wildman–Crippen LogP) is 0.909. The number of carbonyl (C=O) groups excluding carboxylic acids is 1. The summed E-state index contributed by atoms with van der Waals surface area (Å²) < 4.78 is 1.61. The molecule has 1 aromatic heterocycles. The molecule has 0 saturated carbocycles. The Morgan fingerprint density at radius 2 is 2.05 bits per heavy atom. The van der Waals surface area contributed by atoms with Crippen molar-refractivity contribution in [2.24, 2.45) is 0 Å². The zero-order chi connectivity index (χ0) is 14.8. The summed E-state index contributed by atoms with van der Waals surface area (Å²) in [6.07, 6.45) is 3.36. The van der Waals surface area contributed by atoms with E-state index in [2.05, 4.69) is 10.1 Å². The lowest BCUT2D eigenvalue weighted by molar-refractivity contribution is -0.132. The van der Waals surface area contributed by atoms with Gasteiger partial charge >= 0.3 is 5.97 Å². The Morgan fingerprint density at radius 3 is 2.76 bits per heavy atom. The van der Waals surface area contributed by atoms with Gasteiger partial charge in [0.1, 0.15) is 12.7 Å². The van der Waals surface area contributed by atoms with Crippen LogP contribution in [0.3, 0.4) is 0 Å². The topological polar surface area (TPSA) is 88.3 Å². The SMILES string of the molecule is O=C(O)c1ccc2c(c1)CN(C(=O)CCn1cncn1)C2. The molecule has 7 heteroatoms. The quantitative estimate of drug-likeness (QED) is 0.902. The summed E-state index contributed by atoms with van der Waals surface area (Å²) in [6, 6.07) is 5.00. The van der Waals surface area contributed by atoms with E-state index < -0.39 is 5.97 Å². The van der Waals surface area contributed by atoms with Gasteiger partial charge in [0.15, 0.2) is 0 Å². The Kier molecular flexibility index (Phi) is 3.39. The Morgan fingerprint density at radius 1 is 1.24 bits per heavy atom. The van der Waals surface area contributed by atoms with Gasteiger partial charge in [0.25, 0.3) is 0 Å². The minimum Gasteiger partial charge on any atom is -0.478 e. The van der Waals surface area contributed by atoms with Crippen molar-refractivity contribution in [3.05, 3.63) is 47.5 Å². The smallest absolute Gasteiger partial charge is 0.335 e. The minimum absolute atomic E-state index is 0.0265. The average molecular weight is 286 g/mol. The number of amides is 1. The van der Waals surface area contributed by atoms with Crippen LogP contribution in [0.1, 0.15) is 27.9 Å². The van der Waals surface area contributed by atoms with Gasteiger partial charge in [-0.1, -0.05) is 6.07 Å². The molecule has 0 unspecified atom stereocenters. The van der Waals surface area contributed by atoms with Crippen LogP contribution in [0, 0.1) is 0 Å². The molecule has 1 aliphatic heterocycles. The average Bonchev–Trinajstić information content (AvgIpc) is 3.12. The predicted molar refractivity (Wildman–Crippen MR) is 72.3 cm³/mol.